The summed E-state index contributed by atoms with van der Waals surface area (Å²) in [6.07, 6.45) is 0.499. The van der Waals surface area contributed by atoms with E-state index >= 15 is 0 Å². The fraction of sp³-hybridized carbons (Fsp3) is 0.500. The first-order valence-electron chi connectivity index (χ1n) is 5.31. The summed E-state index contributed by atoms with van der Waals surface area (Å²) in [5.41, 5.74) is 0.457. The molecule has 1 aromatic carbocycles. The van der Waals surface area contributed by atoms with Crippen LogP contribution in [0.1, 0.15) is 5.56 Å². The molecule has 1 aromatic rings. The van der Waals surface area contributed by atoms with Crippen LogP contribution in [0, 0.1) is 5.82 Å². The van der Waals surface area contributed by atoms with Crippen molar-refractivity contribution in [3.8, 4) is 17.2 Å². The Labute approximate surface area is 101 Å². The van der Waals surface area contributed by atoms with E-state index in [-0.39, 0.29) is 5.75 Å². The molecule has 1 N–H and O–H groups in total. The van der Waals surface area contributed by atoms with Gasteiger partial charge in [-0.15, -0.1) is 0 Å². The van der Waals surface area contributed by atoms with Gasteiger partial charge in [-0.3, -0.25) is 0 Å². The second kappa shape index (κ2) is 6.30. The number of hydrogen-bond donors (Lipinski definition) is 1. The van der Waals surface area contributed by atoms with Crippen LogP contribution in [0.5, 0.6) is 17.2 Å². The first kappa shape index (κ1) is 13.6. The van der Waals surface area contributed by atoms with Crippen molar-refractivity contribution in [1.82, 2.24) is 5.32 Å². The molecule has 0 aliphatic carbocycles. The van der Waals surface area contributed by atoms with Gasteiger partial charge in [0.15, 0.2) is 23.1 Å². The third-order valence-electron chi connectivity index (χ3n) is 2.51. The molecule has 0 heterocycles. The van der Waals surface area contributed by atoms with Gasteiger partial charge in [0.25, 0.3) is 0 Å². The Bertz CT molecular complexity index is 383. The Morgan fingerprint density at radius 2 is 1.76 bits per heavy atom. The summed E-state index contributed by atoms with van der Waals surface area (Å²) < 4.78 is 29.4. The molecule has 0 amide bonds. The minimum Gasteiger partial charge on any atom is -0.494 e. The zero-order valence-electron chi connectivity index (χ0n) is 10.6. The number of ether oxygens (including phenoxy) is 3. The summed E-state index contributed by atoms with van der Waals surface area (Å²) in [7, 11) is 6.23. The first-order chi connectivity index (χ1) is 8.19. The number of halogens is 1. The highest BCUT2D eigenvalue weighted by atomic mass is 19.1. The number of hydrogen-bond acceptors (Lipinski definition) is 4. The summed E-state index contributed by atoms with van der Waals surface area (Å²) in [6.45, 7) is 0.642. The van der Waals surface area contributed by atoms with Gasteiger partial charge in [0, 0.05) is 11.6 Å². The Kier molecular flexibility index (Phi) is 5.03. The fourth-order valence-electron chi connectivity index (χ4n) is 1.64. The van der Waals surface area contributed by atoms with Crippen molar-refractivity contribution >= 4 is 0 Å². The van der Waals surface area contributed by atoms with Crippen LogP contribution in [0.15, 0.2) is 6.07 Å². The molecule has 0 aromatic heterocycles. The highest BCUT2D eigenvalue weighted by molar-refractivity contribution is 5.53. The Morgan fingerprint density at radius 3 is 2.24 bits per heavy atom. The van der Waals surface area contributed by atoms with Crippen LogP contribution < -0.4 is 19.5 Å². The van der Waals surface area contributed by atoms with Gasteiger partial charge in [-0.2, -0.15) is 0 Å². The Hall–Kier alpha value is -1.49. The molecular weight excluding hydrogens is 225 g/mol. The molecule has 0 saturated carbocycles. The molecule has 0 bridgehead atoms. The van der Waals surface area contributed by atoms with Crippen LogP contribution in [-0.4, -0.2) is 34.9 Å². The lowest BCUT2D eigenvalue weighted by atomic mass is 10.1. The monoisotopic (exact) mass is 243 g/mol. The van der Waals surface area contributed by atoms with Crippen LogP contribution in [0.25, 0.3) is 0 Å². The van der Waals surface area contributed by atoms with Gasteiger partial charge in [0.2, 0.25) is 0 Å². The molecule has 0 spiro atoms. The van der Waals surface area contributed by atoms with E-state index in [4.69, 9.17) is 14.2 Å². The number of rotatable bonds is 6. The van der Waals surface area contributed by atoms with Crippen LogP contribution in [0.4, 0.5) is 4.39 Å². The summed E-state index contributed by atoms with van der Waals surface area (Å²) in [6, 6.07) is 1.48. The quantitative estimate of drug-likeness (QED) is 0.824. The molecule has 5 heteroatoms. The summed E-state index contributed by atoms with van der Waals surface area (Å²) in [5.74, 6) is 0.645. The van der Waals surface area contributed by atoms with E-state index in [0.29, 0.717) is 30.0 Å². The largest absolute Gasteiger partial charge is 0.494 e. The van der Waals surface area contributed by atoms with Crippen molar-refractivity contribution in [2.45, 2.75) is 6.42 Å². The molecule has 0 atom stereocenters. The van der Waals surface area contributed by atoms with E-state index in [1.165, 1.54) is 27.4 Å². The predicted octanol–water partition coefficient (Wildman–Crippen LogP) is 1.61. The summed E-state index contributed by atoms with van der Waals surface area (Å²) in [4.78, 5) is 0. The van der Waals surface area contributed by atoms with Gasteiger partial charge in [-0.05, 0) is 20.0 Å². The molecular formula is C12H18FNO3. The maximum absolute atomic E-state index is 14.1. The van der Waals surface area contributed by atoms with Gasteiger partial charge < -0.3 is 19.5 Å². The van der Waals surface area contributed by atoms with Crippen molar-refractivity contribution in [2.75, 3.05) is 34.9 Å². The van der Waals surface area contributed by atoms with E-state index in [0.717, 1.165) is 0 Å². The smallest absolute Gasteiger partial charge is 0.172 e. The highest BCUT2D eigenvalue weighted by Crippen LogP contribution is 2.38. The minimum atomic E-state index is -0.402. The zero-order chi connectivity index (χ0) is 12.8. The molecule has 96 valence electrons. The van der Waals surface area contributed by atoms with Crippen LogP contribution in [0.3, 0.4) is 0 Å². The van der Waals surface area contributed by atoms with Crippen LogP contribution in [0.2, 0.25) is 0 Å². The molecule has 4 nitrogen and oxygen atoms in total. The van der Waals surface area contributed by atoms with Crippen molar-refractivity contribution in [3.63, 3.8) is 0 Å². The standard InChI is InChI=1S/C12H18FNO3/c1-14-6-5-8-11(13)9(15-2)7-10(16-3)12(8)17-4/h7,14H,5-6H2,1-4H3. The molecule has 0 fully saturated rings. The van der Waals surface area contributed by atoms with Crippen LogP contribution in [-0.2, 0) is 6.42 Å². The van der Waals surface area contributed by atoms with Crippen molar-refractivity contribution in [3.05, 3.63) is 17.4 Å². The van der Waals surface area contributed by atoms with Crippen molar-refractivity contribution < 1.29 is 18.6 Å². The first-order valence-corrected chi connectivity index (χ1v) is 5.31. The van der Waals surface area contributed by atoms with Gasteiger partial charge >= 0.3 is 0 Å². The fourth-order valence-corrected chi connectivity index (χ4v) is 1.64. The topological polar surface area (TPSA) is 39.7 Å². The van der Waals surface area contributed by atoms with E-state index in [2.05, 4.69) is 5.32 Å². The third kappa shape index (κ3) is 2.79. The van der Waals surface area contributed by atoms with E-state index < -0.39 is 5.82 Å². The normalized spacial score (nSPS) is 10.2. The minimum absolute atomic E-state index is 0.161. The SMILES string of the molecule is CNCCc1c(F)c(OC)cc(OC)c1OC. The predicted molar refractivity (Wildman–Crippen MR) is 63.7 cm³/mol. The van der Waals surface area contributed by atoms with Crippen molar-refractivity contribution in [1.29, 1.82) is 0 Å². The Morgan fingerprint density at radius 1 is 1.12 bits per heavy atom. The second-order valence-corrected chi connectivity index (χ2v) is 3.46. The Balaban J connectivity index is 3.28. The lowest BCUT2D eigenvalue weighted by molar-refractivity contribution is 0.334. The van der Waals surface area contributed by atoms with Gasteiger partial charge in [0.1, 0.15) is 0 Å². The lowest BCUT2D eigenvalue weighted by Gasteiger charge is -2.16. The summed E-state index contributed by atoms with van der Waals surface area (Å²) >= 11 is 0. The molecule has 0 unspecified atom stereocenters. The number of benzene rings is 1. The van der Waals surface area contributed by atoms with E-state index in [9.17, 15) is 4.39 Å². The number of likely N-dealkylation sites (N-methyl/N-ethyl adjacent to an activating group) is 1. The second-order valence-electron chi connectivity index (χ2n) is 3.46. The highest BCUT2D eigenvalue weighted by Gasteiger charge is 2.19. The average molecular weight is 243 g/mol. The van der Waals surface area contributed by atoms with Gasteiger partial charge in [0.05, 0.1) is 21.3 Å². The maximum atomic E-state index is 14.1. The lowest BCUT2D eigenvalue weighted by Crippen LogP contribution is -2.13. The van der Waals surface area contributed by atoms with E-state index in [1.54, 1.807) is 0 Å². The van der Waals surface area contributed by atoms with Crippen molar-refractivity contribution in [2.24, 2.45) is 0 Å². The third-order valence-corrected chi connectivity index (χ3v) is 2.51. The maximum Gasteiger partial charge on any atom is 0.172 e. The van der Waals surface area contributed by atoms with E-state index in [1.807, 2.05) is 7.05 Å². The molecule has 1 rings (SSSR count). The molecule has 0 saturated heterocycles. The molecule has 17 heavy (non-hydrogen) atoms. The van der Waals surface area contributed by atoms with Crippen LogP contribution >= 0.6 is 0 Å². The van der Waals surface area contributed by atoms with Gasteiger partial charge in [-0.1, -0.05) is 0 Å². The molecule has 0 aliphatic rings. The van der Waals surface area contributed by atoms with Gasteiger partial charge in [-0.25, -0.2) is 4.39 Å². The number of methoxy groups -OCH3 is 3. The average Bonchev–Trinajstić information content (AvgIpc) is 2.36. The summed E-state index contributed by atoms with van der Waals surface area (Å²) in [5, 5.41) is 2.97. The molecule has 0 aliphatic heterocycles. The molecule has 0 radical (unpaired) electrons. The number of nitrogens with one attached hydrogen (secondary N) is 1. The zero-order valence-corrected chi connectivity index (χ0v) is 10.6.